The van der Waals surface area contributed by atoms with E-state index in [0.717, 1.165) is 36.0 Å². The summed E-state index contributed by atoms with van der Waals surface area (Å²) in [7, 11) is 1.66. The Morgan fingerprint density at radius 1 is 1.25 bits per heavy atom. The predicted octanol–water partition coefficient (Wildman–Crippen LogP) is 4.22. The number of benzene rings is 1. The molecule has 2 atom stereocenters. The Balaban J connectivity index is 1.64. The molecule has 24 heavy (non-hydrogen) atoms. The van der Waals surface area contributed by atoms with E-state index in [1.54, 1.807) is 7.11 Å². The molecule has 2 heterocycles. The van der Waals surface area contributed by atoms with Gasteiger partial charge >= 0.3 is 0 Å². The first-order valence-corrected chi connectivity index (χ1v) is 8.76. The maximum absolute atomic E-state index is 13.1. The van der Waals surface area contributed by atoms with Crippen LogP contribution < -0.4 is 4.74 Å². The first kappa shape index (κ1) is 15.6. The lowest BCUT2D eigenvalue weighted by molar-refractivity contribution is 0.0703. The number of nitrogens with zero attached hydrogens (tertiary/aromatic N) is 1. The molecule has 128 valence electrons. The Kier molecular flexibility index (Phi) is 3.25. The lowest BCUT2D eigenvalue weighted by Crippen LogP contribution is -2.37. The van der Waals surface area contributed by atoms with Gasteiger partial charge in [0.05, 0.1) is 7.11 Å². The lowest BCUT2D eigenvalue weighted by Gasteiger charge is -2.39. The van der Waals surface area contributed by atoms with E-state index in [1.165, 1.54) is 6.42 Å². The van der Waals surface area contributed by atoms with Crippen LogP contribution in [0, 0.1) is 10.8 Å². The third-order valence-electron chi connectivity index (χ3n) is 5.74. The van der Waals surface area contributed by atoms with Crippen molar-refractivity contribution in [3.05, 3.63) is 30.0 Å². The van der Waals surface area contributed by atoms with Crippen LogP contribution in [0.2, 0.25) is 0 Å². The zero-order valence-corrected chi connectivity index (χ0v) is 15.0. The lowest BCUT2D eigenvalue weighted by atomic mass is 9.65. The van der Waals surface area contributed by atoms with Gasteiger partial charge in [-0.3, -0.25) is 4.79 Å². The molecule has 1 N–H and O–H groups in total. The standard InChI is InChI=1S/C20H26N2O2/c1-19(2)9-14-10-20(3,11-19)12-22(14)18(23)17-7-13-5-6-15(24-4)8-16(13)21-17/h5-8,14,21H,9-12H2,1-4H3/t14-,20+/m0/s1. The molecule has 1 aromatic carbocycles. The minimum atomic E-state index is 0.136. The van der Waals surface area contributed by atoms with E-state index >= 15 is 0 Å². The zero-order chi connectivity index (χ0) is 17.1. The Morgan fingerprint density at radius 2 is 2.04 bits per heavy atom. The average molecular weight is 326 g/mol. The van der Waals surface area contributed by atoms with Crippen molar-refractivity contribution in [3.8, 4) is 5.75 Å². The molecule has 1 aromatic heterocycles. The minimum Gasteiger partial charge on any atom is -0.497 e. The van der Waals surface area contributed by atoms with E-state index in [1.807, 2.05) is 24.3 Å². The first-order chi connectivity index (χ1) is 11.3. The van der Waals surface area contributed by atoms with E-state index in [0.29, 0.717) is 17.2 Å². The van der Waals surface area contributed by atoms with E-state index in [4.69, 9.17) is 4.74 Å². The minimum absolute atomic E-state index is 0.136. The summed E-state index contributed by atoms with van der Waals surface area (Å²) in [6.07, 6.45) is 3.43. The van der Waals surface area contributed by atoms with Crippen molar-refractivity contribution in [1.29, 1.82) is 0 Å². The molecule has 4 nitrogen and oxygen atoms in total. The van der Waals surface area contributed by atoms with Crippen LogP contribution in [0.25, 0.3) is 10.9 Å². The first-order valence-electron chi connectivity index (χ1n) is 8.76. The number of aromatic nitrogens is 1. The third-order valence-corrected chi connectivity index (χ3v) is 5.74. The number of nitrogens with one attached hydrogen (secondary N) is 1. The number of fused-ring (bicyclic) bond motifs is 3. The van der Waals surface area contributed by atoms with Gasteiger partial charge < -0.3 is 14.6 Å². The second kappa shape index (κ2) is 5.01. The molecule has 1 saturated heterocycles. The SMILES string of the molecule is COc1ccc2cc(C(=O)N3C[C@]4(C)C[C@@H]3CC(C)(C)C4)[nH]c2c1. The Labute approximate surface area is 143 Å². The van der Waals surface area contributed by atoms with Gasteiger partial charge in [0, 0.05) is 29.6 Å². The monoisotopic (exact) mass is 326 g/mol. The third kappa shape index (κ3) is 2.48. The quantitative estimate of drug-likeness (QED) is 0.898. The molecule has 4 heteroatoms. The summed E-state index contributed by atoms with van der Waals surface area (Å²) >= 11 is 0. The van der Waals surface area contributed by atoms with E-state index < -0.39 is 0 Å². The predicted molar refractivity (Wildman–Crippen MR) is 95.4 cm³/mol. The summed E-state index contributed by atoms with van der Waals surface area (Å²) in [5.41, 5.74) is 2.22. The molecular formula is C20H26N2O2. The van der Waals surface area contributed by atoms with Gasteiger partial charge in [0.2, 0.25) is 0 Å². The second-order valence-corrected chi connectivity index (χ2v) is 8.78. The number of H-pyrrole nitrogens is 1. The highest BCUT2D eigenvalue weighted by Crippen LogP contribution is 2.52. The van der Waals surface area contributed by atoms with Gasteiger partial charge in [-0.25, -0.2) is 0 Å². The van der Waals surface area contributed by atoms with Crippen molar-refractivity contribution in [2.45, 2.75) is 46.1 Å². The van der Waals surface area contributed by atoms with E-state index in [-0.39, 0.29) is 11.3 Å². The Bertz CT molecular complexity index is 807. The van der Waals surface area contributed by atoms with Crippen LogP contribution in [0.3, 0.4) is 0 Å². The second-order valence-electron chi connectivity index (χ2n) is 8.78. The topological polar surface area (TPSA) is 45.3 Å². The molecule has 1 amide bonds. The number of hydrogen-bond donors (Lipinski definition) is 1. The van der Waals surface area contributed by atoms with Gasteiger partial charge in [0.15, 0.2) is 0 Å². The number of carbonyl (C=O) groups is 1. The van der Waals surface area contributed by atoms with Crippen LogP contribution in [0.5, 0.6) is 5.75 Å². The van der Waals surface area contributed by atoms with Gasteiger partial charge in [-0.05, 0) is 48.3 Å². The van der Waals surface area contributed by atoms with Crippen molar-refractivity contribution in [3.63, 3.8) is 0 Å². The molecule has 0 radical (unpaired) electrons. The molecule has 4 rings (SSSR count). The fraction of sp³-hybridized carbons (Fsp3) is 0.550. The van der Waals surface area contributed by atoms with Gasteiger partial charge in [0.25, 0.3) is 5.91 Å². The summed E-state index contributed by atoms with van der Waals surface area (Å²) < 4.78 is 5.27. The molecule has 0 unspecified atom stereocenters. The summed E-state index contributed by atoms with van der Waals surface area (Å²) in [5.74, 6) is 0.936. The van der Waals surface area contributed by atoms with Crippen molar-refractivity contribution in [1.82, 2.24) is 9.88 Å². The zero-order valence-electron chi connectivity index (χ0n) is 15.0. The molecule has 1 saturated carbocycles. The molecule has 2 fully saturated rings. The van der Waals surface area contributed by atoms with Crippen LogP contribution >= 0.6 is 0 Å². The molecule has 1 aliphatic carbocycles. The van der Waals surface area contributed by atoms with Crippen LogP contribution in [-0.2, 0) is 0 Å². The molecule has 0 spiro atoms. The normalized spacial score (nSPS) is 28.3. The highest BCUT2D eigenvalue weighted by atomic mass is 16.5. The smallest absolute Gasteiger partial charge is 0.270 e. The number of ether oxygens (including phenoxy) is 1. The van der Waals surface area contributed by atoms with Gasteiger partial charge in [-0.15, -0.1) is 0 Å². The van der Waals surface area contributed by atoms with Crippen LogP contribution in [0.1, 0.15) is 50.5 Å². The maximum atomic E-state index is 13.1. The molecule has 2 bridgehead atoms. The number of amides is 1. The number of aromatic amines is 1. The number of hydrogen-bond acceptors (Lipinski definition) is 2. The summed E-state index contributed by atoms with van der Waals surface area (Å²) in [5, 5.41) is 1.05. The van der Waals surface area contributed by atoms with E-state index in [9.17, 15) is 4.79 Å². The number of methoxy groups -OCH3 is 1. The summed E-state index contributed by atoms with van der Waals surface area (Å²) in [6.45, 7) is 7.88. The number of carbonyl (C=O) groups excluding carboxylic acids is 1. The van der Waals surface area contributed by atoms with Crippen LogP contribution in [0.15, 0.2) is 24.3 Å². The molecule has 2 aromatic rings. The van der Waals surface area contributed by atoms with Gasteiger partial charge in [-0.1, -0.05) is 20.8 Å². The fourth-order valence-corrected chi connectivity index (χ4v) is 5.20. The molecular weight excluding hydrogens is 300 g/mol. The fourth-order valence-electron chi connectivity index (χ4n) is 5.20. The van der Waals surface area contributed by atoms with Gasteiger partial charge in [-0.2, -0.15) is 0 Å². The highest BCUT2D eigenvalue weighted by Gasteiger charge is 2.51. The largest absolute Gasteiger partial charge is 0.497 e. The molecule has 1 aliphatic heterocycles. The van der Waals surface area contributed by atoms with Crippen LogP contribution in [0.4, 0.5) is 0 Å². The summed E-state index contributed by atoms with van der Waals surface area (Å²) in [6, 6.07) is 8.20. The van der Waals surface area contributed by atoms with Crippen molar-refractivity contribution >= 4 is 16.8 Å². The Hall–Kier alpha value is -1.97. The van der Waals surface area contributed by atoms with E-state index in [2.05, 4.69) is 30.7 Å². The van der Waals surface area contributed by atoms with Crippen molar-refractivity contribution < 1.29 is 9.53 Å². The maximum Gasteiger partial charge on any atom is 0.270 e. The number of likely N-dealkylation sites (tertiary alicyclic amines) is 1. The van der Waals surface area contributed by atoms with Gasteiger partial charge in [0.1, 0.15) is 11.4 Å². The van der Waals surface area contributed by atoms with Crippen molar-refractivity contribution in [2.24, 2.45) is 10.8 Å². The number of rotatable bonds is 2. The molecule has 2 aliphatic rings. The average Bonchev–Trinajstić information content (AvgIpc) is 3.02. The highest BCUT2D eigenvalue weighted by molar-refractivity contribution is 5.98. The van der Waals surface area contributed by atoms with Crippen molar-refractivity contribution in [2.75, 3.05) is 13.7 Å². The Morgan fingerprint density at radius 3 is 2.79 bits per heavy atom. The summed E-state index contributed by atoms with van der Waals surface area (Å²) in [4.78, 5) is 18.5. The van der Waals surface area contributed by atoms with Crippen LogP contribution in [-0.4, -0.2) is 35.5 Å².